The third-order valence-electron chi connectivity index (χ3n) is 3.37. The lowest BCUT2D eigenvalue weighted by Gasteiger charge is -2.17. The van der Waals surface area contributed by atoms with E-state index in [4.69, 9.17) is 9.15 Å². The zero-order valence-corrected chi connectivity index (χ0v) is 13.2. The molecule has 0 aliphatic rings. The lowest BCUT2D eigenvalue weighted by Crippen LogP contribution is -2.32. The molecule has 0 spiro atoms. The van der Waals surface area contributed by atoms with Crippen molar-refractivity contribution < 1.29 is 18.7 Å². The van der Waals surface area contributed by atoms with E-state index in [0.717, 1.165) is 11.3 Å². The molecule has 122 valence electrons. The summed E-state index contributed by atoms with van der Waals surface area (Å²) in [6.45, 7) is 2.13. The number of ether oxygens (including phenoxy) is 1. The van der Waals surface area contributed by atoms with E-state index in [1.54, 1.807) is 19.2 Å². The second-order valence-electron chi connectivity index (χ2n) is 5.01. The second-order valence-corrected chi connectivity index (χ2v) is 5.01. The predicted octanol–water partition coefficient (Wildman–Crippen LogP) is 2.29. The Bertz CT molecular complexity index is 652. The van der Waals surface area contributed by atoms with E-state index in [-0.39, 0.29) is 36.6 Å². The van der Waals surface area contributed by atoms with Crippen LogP contribution in [0.3, 0.4) is 0 Å². The molecule has 1 aromatic carbocycles. The molecule has 2 aromatic rings. The molecule has 1 aromatic heterocycles. The number of hydrogen-bond donors (Lipinski definition) is 2. The van der Waals surface area contributed by atoms with Crippen molar-refractivity contribution in [3.8, 4) is 5.75 Å². The molecule has 2 rings (SSSR count). The summed E-state index contributed by atoms with van der Waals surface area (Å²) in [6.07, 6.45) is 1.61. The van der Waals surface area contributed by atoms with Crippen molar-refractivity contribution in [2.75, 3.05) is 13.7 Å². The van der Waals surface area contributed by atoms with Crippen molar-refractivity contribution in [2.45, 2.75) is 19.4 Å². The van der Waals surface area contributed by atoms with Crippen molar-refractivity contribution in [3.63, 3.8) is 0 Å². The van der Waals surface area contributed by atoms with Crippen molar-refractivity contribution >= 4 is 11.8 Å². The summed E-state index contributed by atoms with van der Waals surface area (Å²) >= 11 is 0. The maximum absolute atomic E-state index is 12.0. The summed E-state index contributed by atoms with van der Waals surface area (Å²) in [5, 5.41) is 5.52. The Morgan fingerprint density at radius 3 is 2.70 bits per heavy atom. The Morgan fingerprint density at radius 1 is 1.22 bits per heavy atom. The van der Waals surface area contributed by atoms with Gasteiger partial charge in [0.1, 0.15) is 5.75 Å². The topological polar surface area (TPSA) is 80.6 Å². The Kier molecular flexibility index (Phi) is 5.80. The number of furan rings is 1. The van der Waals surface area contributed by atoms with E-state index in [1.807, 2.05) is 31.2 Å². The van der Waals surface area contributed by atoms with Gasteiger partial charge < -0.3 is 19.8 Å². The van der Waals surface area contributed by atoms with Crippen LogP contribution >= 0.6 is 0 Å². The number of methoxy groups -OCH3 is 1. The van der Waals surface area contributed by atoms with E-state index in [9.17, 15) is 9.59 Å². The van der Waals surface area contributed by atoms with Crippen LogP contribution in [0, 0.1) is 0 Å². The first-order chi connectivity index (χ1) is 11.1. The minimum absolute atomic E-state index is 0.150. The molecule has 1 heterocycles. The minimum Gasteiger partial charge on any atom is -0.496 e. The van der Waals surface area contributed by atoms with Gasteiger partial charge in [-0.15, -0.1) is 0 Å². The Hall–Kier alpha value is -2.76. The maximum Gasteiger partial charge on any atom is 0.286 e. The summed E-state index contributed by atoms with van der Waals surface area (Å²) in [5.41, 5.74) is 0.906. The fourth-order valence-corrected chi connectivity index (χ4v) is 2.20. The van der Waals surface area contributed by atoms with Crippen LogP contribution in [0.25, 0.3) is 0 Å². The lowest BCUT2D eigenvalue weighted by atomic mass is 10.1. The molecule has 23 heavy (non-hydrogen) atoms. The predicted molar refractivity (Wildman–Crippen MR) is 85.2 cm³/mol. The first-order valence-corrected chi connectivity index (χ1v) is 7.35. The van der Waals surface area contributed by atoms with Crippen LogP contribution in [0.5, 0.6) is 5.75 Å². The fourth-order valence-electron chi connectivity index (χ4n) is 2.20. The van der Waals surface area contributed by atoms with Crippen LogP contribution in [-0.4, -0.2) is 25.5 Å². The highest BCUT2D eigenvalue weighted by Gasteiger charge is 2.14. The highest BCUT2D eigenvalue weighted by molar-refractivity contribution is 5.91. The normalized spacial score (nSPS) is 11.6. The summed E-state index contributed by atoms with van der Waals surface area (Å²) in [5.74, 6) is 0.475. The molecule has 0 saturated carbocycles. The maximum atomic E-state index is 12.0. The van der Waals surface area contributed by atoms with Gasteiger partial charge in [-0.1, -0.05) is 18.2 Å². The van der Waals surface area contributed by atoms with Gasteiger partial charge in [-0.25, -0.2) is 0 Å². The number of rotatable bonds is 7. The van der Waals surface area contributed by atoms with Crippen LogP contribution in [0.2, 0.25) is 0 Å². The number of carbonyl (C=O) groups excluding carboxylic acids is 2. The first kappa shape index (κ1) is 16.6. The van der Waals surface area contributed by atoms with Crippen molar-refractivity contribution in [1.29, 1.82) is 0 Å². The minimum atomic E-state index is -0.333. The second kappa shape index (κ2) is 8.03. The van der Waals surface area contributed by atoms with Gasteiger partial charge in [0, 0.05) is 18.5 Å². The zero-order valence-electron chi connectivity index (χ0n) is 13.2. The molecule has 2 N–H and O–H groups in total. The molecular formula is C17H20N2O4. The molecule has 0 bridgehead atoms. The van der Waals surface area contributed by atoms with Gasteiger partial charge in [-0.05, 0) is 25.1 Å². The molecular weight excluding hydrogens is 296 g/mol. The molecule has 0 saturated heterocycles. The number of carbonyl (C=O) groups is 2. The average molecular weight is 316 g/mol. The van der Waals surface area contributed by atoms with Crippen LogP contribution in [0.1, 0.15) is 35.5 Å². The van der Waals surface area contributed by atoms with Crippen LogP contribution < -0.4 is 15.4 Å². The highest BCUT2D eigenvalue weighted by Crippen LogP contribution is 2.24. The zero-order chi connectivity index (χ0) is 16.7. The number of benzene rings is 1. The van der Waals surface area contributed by atoms with Gasteiger partial charge in [0.25, 0.3) is 5.91 Å². The molecule has 0 aliphatic carbocycles. The third-order valence-corrected chi connectivity index (χ3v) is 3.37. The van der Waals surface area contributed by atoms with E-state index >= 15 is 0 Å². The van der Waals surface area contributed by atoms with Crippen molar-refractivity contribution in [1.82, 2.24) is 10.6 Å². The van der Waals surface area contributed by atoms with Gasteiger partial charge in [0.2, 0.25) is 5.91 Å². The molecule has 0 radical (unpaired) electrons. The van der Waals surface area contributed by atoms with Crippen LogP contribution in [0.15, 0.2) is 47.1 Å². The summed E-state index contributed by atoms with van der Waals surface area (Å²) in [7, 11) is 1.59. The van der Waals surface area contributed by atoms with Gasteiger partial charge in [-0.2, -0.15) is 0 Å². The van der Waals surface area contributed by atoms with E-state index in [0.29, 0.717) is 0 Å². The molecule has 0 aliphatic heterocycles. The molecule has 0 unspecified atom stereocenters. The van der Waals surface area contributed by atoms with E-state index in [2.05, 4.69) is 10.6 Å². The van der Waals surface area contributed by atoms with Gasteiger partial charge in [0.15, 0.2) is 5.76 Å². The highest BCUT2D eigenvalue weighted by atomic mass is 16.5. The van der Waals surface area contributed by atoms with E-state index in [1.165, 1.54) is 6.26 Å². The van der Waals surface area contributed by atoms with Crippen molar-refractivity contribution in [2.24, 2.45) is 0 Å². The molecule has 0 fully saturated rings. The average Bonchev–Trinajstić information content (AvgIpc) is 3.09. The first-order valence-electron chi connectivity index (χ1n) is 7.35. The smallest absolute Gasteiger partial charge is 0.286 e. The Labute approximate surface area is 134 Å². The summed E-state index contributed by atoms with van der Waals surface area (Å²) in [4.78, 5) is 23.6. The van der Waals surface area contributed by atoms with Crippen molar-refractivity contribution in [3.05, 3.63) is 54.0 Å². The lowest BCUT2D eigenvalue weighted by molar-refractivity contribution is -0.121. The Morgan fingerprint density at radius 2 is 2.00 bits per heavy atom. The molecule has 6 nitrogen and oxygen atoms in total. The van der Waals surface area contributed by atoms with Gasteiger partial charge in [-0.3, -0.25) is 9.59 Å². The van der Waals surface area contributed by atoms with Gasteiger partial charge >= 0.3 is 0 Å². The standard InChI is InChI=1S/C17H20N2O4/c1-12(13-6-3-4-7-14(13)22-2)19-16(20)9-10-18-17(21)15-8-5-11-23-15/h3-8,11-12H,9-10H2,1-2H3,(H,18,21)(H,19,20)/t12-/m0/s1. The quantitative estimate of drug-likeness (QED) is 0.821. The van der Waals surface area contributed by atoms with Crippen LogP contribution in [0.4, 0.5) is 0 Å². The summed E-state index contributed by atoms with van der Waals surface area (Å²) in [6, 6.07) is 10.5. The molecule has 6 heteroatoms. The number of nitrogens with one attached hydrogen (secondary N) is 2. The van der Waals surface area contributed by atoms with Crippen LogP contribution in [-0.2, 0) is 4.79 Å². The Balaban J connectivity index is 1.79. The SMILES string of the molecule is COc1ccccc1[C@H](C)NC(=O)CCNC(=O)c1ccco1. The summed E-state index contributed by atoms with van der Waals surface area (Å²) < 4.78 is 10.3. The van der Waals surface area contributed by atoms with Gasteiger partial charge in [0.05, 0.1) is 19.4 Å². The fraction of sp³-hybridized carbons (Fsp3) is 0.294. The molecule has 2 amide bonds. The van der Waals surface area contributed by atoms with E-state index < -0.39 is 0 Å². The number of hydrogen-bond acceptors (Lipinski definition) is 4. The number of para-hydroxylation sites is 1. The third kappa shape index (κ3) is 4.60. The number of amides is 2. The monoisotopic (exact) mass is 316 g/mol. The largest absolute Gasteiger partial charge is 0.496 e. The molecule has 1 atom stereocenters.